The molecule has 0 saturated heterocycles. The van der Waals surface area contributed by atoms with Gasteiger partial charge in [-0.05, 0) is 31.1 Å². The highest BCUT2D eigenvalue weighted by molar-refractivity contribution is 5.71. The zero-order chi connectivity index (χ0) is 40.5. The van der Waals surface area contributed by atoms with Crippen LogP contribution in [0, 0.1) is 11.8 Å². The van der Waals surface area contributed by atoms with Crippen molar-refractivity contribution in [3.8, 4) is 0 Å². The highest BCUT2D eigenvalue weighted by atomic mass is 16.6. The molecule has 0 aliphatic carbocycles. The zero-order valence-electron chi connectivity index (χ0n) is 37.6. The highest BCUT2D eigenvalue weighted by Gasteiger charge is 2.19. The monoisotopic (exact) mass is 779 g/mol. The fourth-order valence-corrected chi connectivity index (χ4v) is 7.28. The number of carbonyl (C=O) groups is 3. The largest absolute Gasteiger partial charge is 0.462 e. The third-order valence-corrected chi connectivity index (χ3v) is 11.0. The summed E-state index contributed by atoms with van der Waals surface area (Å²) in [5, 5.41) is 0. The van der Waals surface area contributed by atoms with Gasteiger partial charge in [0.05, 0.1) is 0 Å². The van der Waals surface area contributed by atoms with Crippen LogP contribution in [0.15, 0.2) is 0 Å². The molecular formula is C49H94O6. The Labute approximate surface area is 342 Å². The van der Waals surface area contributed by atoms with Crippen molar-refractivity contribution in [2.45, 2.75) is 272 Å². The molecule has 0 aromatic carbocycles. The van der Waals surface area contributed by atoms with Gasteiger partial charge >= 0.3 is 17.9 Å². The van der Waals surface area contributed by atoms with E-state index in [1.54, 1.807) is 0 Å². The first-order chi connectivity index (χ1) is 26.7. The molecule has 0 aromatic rings. The van der Waals surface area contributed by atoms with Crippen molar-refractivity contribution in [2.24, 2.45) is 11.8 Å². The first kappa shape index (κ1) is 53.4. The van der Waals surface area contributed by atoms with Crippen molar-refractivity contribution >= 4 is 17.9 Å². The Bertz CT molecular complexity index is 839. The predicted molar refractivity (Wildman–Crippen MR) is 233 cm³/mol. The smallest absolute Gasteiger partial charge is 0.306 e. The molecule has 0 aromatic heterocycles. The van der Waals surface area contributed by atoms with E-state index >= 15 is 0 Å². The third-order valence-electron chi connectivity index (χ3n) is 11.0. The second-order valence-electron chi connectivity index (χ2n) is 17.7. The van der Waals surface area contributed by atoms with E-state index in [1.807, 2.05) is 0 Å². The first-order valence-corrected chi connectivity index (χ1v) is 24.2. The number of hydrogen-bond donors (Lipinski definition) is 0. The van der Waals surface area contributed by atoms with E-state index in [4.69, 9.17) is 14.2 Å². The van der Waals surface area contributed by atoms with Crippen LogP contribution in [-0.2, 0) is 28.6 Å². The van der Waals surface area contributed by atoms with Crippen LogP contribution in [-0.4, -0.2) is 37.2 Å². The zero-order valence-corrected chi connectivity index (χ0v) is 37.6. The minimum absolute atomic E-state index is 0.0653. The molecule has 0 amide bonds. The average molecular weight is 779 g/mol. The standard InChI is InChI=1S/C49H94O6/c1-6-7-8-9-10-19-23-29-34-39-47(50)53-42-46(43-54-48(51)40-35-30-26-25-28-33-38-45(4)5)55-49(52)41-36-31-24-21-18-16-14-12-11-13-15-17-20-22-27-32-37-44(2)3/h44-46H,6-43H2,1-5H3/t46-/m1/s1. The summed E-state index contributed by atoms with van der Waals surface area (Å²) in [5.74, 6) is 0.755. The molecule has 0 N–H and O–H groups in total. The fraction of sp³-hybridized carbons (Fsp3) is 0.939. The van der Waals surface area contributed by atoms with Gasteiger partial charge in [-0.1, -0.05) is 227 Å². The molecule has 326 valence electrons. The Morgan fingerprint density at radius 3 is 0.891 bits per heavy atom. The van der Waals surface area contributed by atoms with E-state index in [-0.39, 0.29) is 31.1 Å². The van der Waals surface area contributed by atoms with Gasteiger partial charge < -0.3 is 14.2 Å². The quantitative estimate of drug-likeness (QED) is 0.0348. The molecule has 0 fully saturated rings. The molecule has 1 atom stereocenters. The lowest BCUT2D eigenvalue weighted by molar-refractivity contribution is -0.167. The second-order valence-corrected chi connectivity index (χ2v) is 17.7. The summed E-state index contributed by atoms with van der Waals surface area (Å²) in [6, 6.07) is 0. The van der Waals surface area contributed by atoms with Crippen molar-refractivity contribution in [2.75, 3.05) is 13.2 Å². The topological polar surface area (TPSA) is 78.9 Å². The van der Waals surface area contributed by atoms with Crippen molar-refractivity contribution in [3.05, 3.63) is 0 Å². The maximum atomic E-state index is 12.7. The summed E-state index contributed by atoms with van der Waals surface area (Å²) in [7, 11) is 0. The van der Waals surface area contributed by atoms with E-state index in [1.165, 1.54) is 154 Å². The van der Waals surface area contributed by atoms with E-state index < -0.39 is 6.10 Å². The molecule has 0 saturated carbocycles. The van der Waals surface area contributed by atoms with Crippen LogP contribution in [0.5, 0.6) is 0 Å². The molecule has 6 nitrogen and oxygen atoms in total. The lowest BCUT2D eigenvalue weighted by atomic mass is 10.0. The van der Waals surface area contributed by atoms with Gasteiger partial charge in [-0.15, -0.1) is 0 Å². The van der Waals surface area contributed by atoms with E-state index in [0.717, 1.165) is 69.6 Å². The Morgan fingerprint density at radius 2 is 0.600 bits per heavy atom. The predicted octanol–water partition coefficient (Wildman–Crippen LogP) is 15.4. The Hall–Kier alpha value is -1.59. The van der Waals surface area contributed by atoms with Crippen LogP contribution in [0.2, 0.25) is 0 Å². The molecule has 0 unspecified atom stereocenters. The van der Waals surface area contributed by atoms with Crippen LogP contribution in [0.3, 0.4) is 0 Å². The van der Waals surface area contributed by atoms with Gasteiger partial charge in [-0.25, -0.2) is 0 Å². The Morgan fingerprint density at radius 1 is 0.345 bits per heavy atom. The molecule has 0 spiro atoms. The van der Waals surface area contributed by atoms with Crippen LogP contribution in [0.4, 0.5) is 0 Å². The van der Waals surface area contributed by atoms with Gasteiger partial charge in [0, 0.05) is 19.3 Å². The Kier molecular flexibility index (Phi) is 40.8. The number of ether oxygens (including phenoxy) is 3. The van der Waals surface area contributed by atoms with Gasteiger partial charge in [-0.2, -0.15) is 0 Å². The minimum atomic E-state index is -0.760. The van der Waals surface area contributed by atoms with Gasteiger partial charge in [0.2, 0.25) is 0 Å². The molecule has 0 heterocycles. The fourth-order valence-electron chi connectivity index (χ4n) is 7.28. The third kappa shape index (κ3) is 43.4. The molecule has 0 bridgehead atoms. The van der Waals surface area contributed by atoms with Crippen molar-refractivity contribution in [1.29, 1.82) is 0 Å². The summed E-state index contributed by atoms with van der Waals surface area (Å²) in [6.45, 7) is 11.3. The molecule has 0 radical (unpaired) electrons. The van der Waals surface area contributed by atoms with Crippen molar-refractivity contribution in [3.63, 3.8) is 0 Å². The van der Waals surface area contributed by atoms with Gasteiger partial charge in [0.25, 0.3) is 0 Å². The van der Waals surface area contributed by atoms with Gasteiger partial charge in [0.1, 0.15) is 13.2 Å². The van der Waals surface area contributed by atoms with Crippen molar-refractivity contribution in [1.82, 2.24) is 0 Å². The van der Waals surface area contributed by atoms with Crippen LogP contribution in [0.25, 0.3) is 0 Å². The summed E-state index contributed by atoms with van der Waals surface area (Å²) in [4.78, 5) is 37.7. The molecule has 0 aliphatic rings. The average Bonchev–Trinajstić information content (AvgIpc) is 3.15. The highest BCUT2D eigenvalue weighted by Crippen LogP contribution is 2.17. The lowest BCUT2D eigenvalue weighted by Gasteiger charge is -2.18. The minimum Gasteiger partial charge on any atom is -0.462 e. The molecule has 0 aliphatic heterocycles. The Balaban J connectivity index is 4.21. The van der Waals surface area contributed by atoms with Gasteiger partial charge in [0.15, 0.2) is 6.10 Å². The lowest BCUT2D eigenvalue weighted by Crippen LogP contribution is -2.30. The number of esters is 3. The maximum absolute atomic E-state index is 12.7. The van der Waals surface area contributed by atoms with Crippen LogP contribution < -0.4 is 0 Å². The number of rotatable bonds is 43. The van der Waals surface area contributed by atoms with Crippen LogP contribution >= 0.6 is 0 Å². The van der Waals surface area contributed by atoms with Gasteiger partial charge in [-0.3, -0.25) is 14.4 Å². The summed E-state index contributed by atoms with van der Waals surface area (Å²) >= 11 is 0. The molecule has 0 rings (SSSR count). The normalized spacial score (nSPS) is 12.1. The molecule has 55 heavy (non-hydrogen) atoms. The first-order valence-electron chi connectivity index (χ1n) is 24.2. The van der Waals surface area contributed by atoms with E-state index in [0.29, 0.717) is 19.3 Å². The summed E-state index contributed by atoms with van der Waals surface area (Å²) in [6.07, 6.45) is 41.1. The van der Waals surface area contributed by atoms with Crippen LogP contribution in [0.1, 0.15) is 266 Å². The molecule has 6 heteroatoms. The summed E-state index contributed by atoms with van der Waals surface area (Å²) < 4.78 is 16.7. The second kappa shape index (κ2) is 42.0. The number of hydrogen-bond acceptors (Lipinski definition) is 6. The maximum Gasteiger partial charge on any atom is 0.306 e. The van der Waals surface area contributed by atoms with E-state index in [9.17, 15) is 14.4 Å². The molecular weight excluding hydrogens is 685 g/mol. The van der Waals surface area contributed by atoms with Crippen molar-refractivity contribution < 1.29 is 28.6 Å². The number of carbonyl (C=O) groups excluding carboxylic acids is 3. The van der Waals surface area contributed by atoms with E-state index in [2.05, 4.69) is 34.6 Å². The summed E-state index contributed by atoms with van der Waals surface area (Å²) in [5.41, 5.74) is 0. The number of unbranched alkanes of at least 4 members (excludes halogenated alkanes) is 28. The SMILES string of the molecule is CCCCCCCCCCCC(=O)OC[C@H](COC(=O)CCCCCCCCC(C)C)OC(=O)CCCCCCCCCCCCCCCCCCC(C)C.